The summed E-state index contributed by atoms with van der Waals surface area (Å²) in [4.78, 5) is 55.0. The minimum Gasteiger partial charge on any atom is -0.446 e. The number of aryl methyl sites for hydroxylation is 1. The summed E-state index contributed by atoms with van der Waals surface area (Å²) in [6, 6.07) is 12.8. The van der Waals surface area contributed by atoms with Crippen molar-refractivity contribution in [3.63, 3.8) is 0 Å². The van der Waals surface area contributed by atoms with E-state index in [1.54, 1.807) is 0 Å². The number of benzene rings is 2. The molecule has 1 spiro atoms. The van der Waals surface area contributed by atoms with Gasteiger partial charge in [-0.1, -0.05) is 63.6 Å². The van der Waals surface area contributed by atoms with Gasteiger partial charge in [-0.05, 0) is 67.7 Å². The van der Waals surface area contributed by atoms with E-state index in [-0.39, 0.29) is 24.7 Å². The van der Waals surface area contributed by atoms with Crippen LogP contribution in [0.3, 0.4) is 0 Å². The number of para-hydroxylation sites is 1. The molecule has 4 rings (SSSR count). The van der Waals surface area contributed by atoms with Gasteiger partial charge in [-0.15, -0.1) is 0 Å². The zero-order chi connectivity index (χ0) is 28.5. The molecule has 9 nitrogen and oxygen atoms in total. The van der Waals surface area contributed by atoms with Gasteiger partial charge < -0.3 is 15.8 Å². The van der Waals surface area contributed by atoms with Crippen molar-refractivity contribution < 1.29 is 23.9 Å². The molecule has 0 unspecified atom stereocenters. The number of carbonyl (C=O) groups is 4. The van der Waals surface area contributed by atoms with E-state index in [2.05, 4.69) is 33.0 Å². The molecule has 2 aromatic rings. The molecule has 9 heteroatoms. The summed E-state index contributed by atoms with van der Waals surface area (Å²) in [5.74, 6) is -0.500. The van der Waals surface area contributed by atoms with Crippen LogP contribution in [0.5, 0.6) is 0 Å². The summed E-state index contributed by atoms with van der Waals surface area (Å²) in [6.45, 7) is 9.79. The number of hydrogen-bond donors (Lipinski definition) is 2. The summed E-state index contributed by atoms with van der Waals surface area (Å²) in [6.07, 6.45) is 0.0501. The van der Waals surface area contributed by atoms with Crippen molar-refractivity contribution in [2.45, 2.75) is 83.8 Å². The normalized spacial score (nSPS) is 21.3. The van der Waals surface area contributed by atoms with Crippen LogP contribution in [0.4, 0.5) is 21.0 Å². The summed E-state index contributed by atoms with van der Waals surface area (Å²) in [7, 11) is 0. The molecule has 2 aromatic carbocycles. The third-order valence-corrected chi connectivity index (χ3v) is 7.77. The first kappa shape index (κ1) is 28.1. The van der Waals surface area contributed by atoms with Crippen molar-refractivity contribution >= 4 is 35.3 Å². The first-order chi connectivity index (χ1) is 18.4. The highest BCUT2D eigenvalue weighted by molar-refractivity contribution is 6.18. The highest BCUT2D eigenvalue weighted by Gasteiger charge is 2.59. The molecule has 1 saturated carbocycles. The minimum absolute atomic E-state index is 0.173. The van der Waals surface area contributed by atoms with E-state index in [0.29, 0.717) is 18.5 Å². The number of anilines is 2. The van der Waals surface area contributed by atoms with Crippen LogP contribution in [0.15, 0.2) is 42.5 Å². The van der Waals surface area contributed by atoms with E-state index in [1.807, 2.05) is 49.4 Å². The second-order valence-electron chi connectivity index (χ2n) is 11.2. The molecule has 0 bridgehead atoms. The summed E-state index contributed by atoms with van der Waals surface area (Å²) < 4.78 is 5.18. The quantitative estimate of drug-likeness (QED) is 0.459. The van der Waals surface area contributed by atoms with Gasteiger partial charge in [0.2, 0.25) is 5.91 Å². The van der Waals surface area contributed by atoms with E-state index < -0.39 is 42.1 Å². The van der Waals surface area contributed by atoms with E-state index in [1.165, 1.54) is 4.90 Å². The molecule has 1 saturated heterocycles. The van der Waals surface area contributed by atoms with E-state index in [9.17, 15) is 19.2 Å². The maximum absolute atomic E-state index is 14.0. The number of imide groups is 1. The Labute approximate surface area is 229 Å². The van der Waals surface area contributed by atoms with Gasteiger partial charge in [0.05, 0.1) is 0 Å². The van der Waals surface area contributed by atoms with Crippen LogP contribution in [0, 0.1) is 6.92 Å². The van der Waals surface area contributed by atoms with Crippen LogP contribution in [-0.4, -0.2) is 47.0 Å². The van der Waals surface area contributed by atoms with Crippen molar-refractivity contribution in [2.24, 2.45) is 5.73 Å². The zero-order valence-electron chi connectivity index (χ0n) is 23.3. The fraction of sp³-hybridized carbons (Fsp3) is 0.467. The summed E-state index contributed by atoms with van der Waals surface area (Å²) in [5.41, 5.74) is 8.38. The van der Waals surface area contributed by atoms with E-state index in [0.717, 1.165) is 27.3 Å². The predicted octanol–water partition coefficient (Wildman–Crippen LogP) is 5.43. The molecule has 0 aromatic heterocycles. The lowest BCUT2D eigenvalue weighted by Gasteiger charge is -2.40. The Morgan fingerprint density at radius 3 is 2.08 bits per heavy atom. The highest BCUT2D eigenvalue weighted by atomic mass is 16.6. The number of ether oxygens (including phenoxy) is 1. The average Bonchev–Trinajstić information content (AvgIpc) is 3.06. The van der Waals surface area contributed by atoms with Gasteiger partial charge in [0.25, 0.3) is 5.91 Å². The number of nitrogens with zero attached hydrogens (tertiary/aromatic N) is 2. The smallest absolute Gasteiger partial charge is 0.404 e. The molecule has 0 atom stereocenters. The van der Waals surface area contributed by atoms with E-state index >= 15 is 0 Å². The molecule has 1 aliphatic carbocycles. The predicted molar refractivity (Wildman–Crippen MR) is 150 cm³/mol. The maximum Gasteiger partial charge on any atom is 0.404 e. The lowest BCUT2D eigenvalue weighted by Crippen LogP contribution is -2.53. The van der Waals surface area contributed by atoms with Gasteiger partial charge in [0.1, 0.15) is 18.2 Å². The van der Waals surface area contributed by atoms with Crippen molar-refractivity contribution in [3.8, 4) is 0 Å². The molecule has 2 fully saturated rings. The van der Waals surface area contributed by atoms with Crippen LogP contribution >= 0.6 is 0 Å². The highest BCUT2D eigenvalue weighted by Crippen LogP contribution is 2.44. The fourth-order valence-electron chi connectivity index (χ4n) is 5.73. The Morgan fingerprint density at radius 2 is 1.56 bits per heavy atom. The first-order valence-electron chi connectivity index (χ1n) is 13.6. The molecule has 39 heavy (non-hydrogen) atoms. The van der Waals surface area contributed by atoms with Crippen LogP contribution in [0.25, 0.3) is 0 Å². The maximum atomic E-state index is 14.0. The SMILES string of the molecule is Cc1ccc(N2C(=O)N(CC(=O)Nc3c(C(C)C)cccc3C(C)C)C(=O)C23CCC(OC(N)=O)CC3)cc1. The van der Waals surface area contributed by atoms with Crippen LogP contribution in [0.2, 0.25) is 0 Å². The molecule has 2 aliphatic rings. The van der Waals surface area contributed by atoms with E-state index in [4.69, 9.17) is 10.5 Å². The molecular formula is C30H38N4O5. The molecule has 0 radical (unpaired) electrons. The Balaban J connectivity index is 1.63. The molecule has 1 aliphatic heterocycles. The van der Waals surface area contributed by atoms with Crippen LogP contribution in [0.1, 0.15) is 81.9 Å². The average molecular weight is 535 g/mol. The summed E-state index contributed by atoms with van der Waals surface area (Å²) in [5, 5.41) is 3.02. The number of primary amides is 1. The van der Waals surface area contributed by atoms with Gasteiger partial charge in [0, 0.05) is 11.4 Å². The van der Waals surface area contributed by atoms with Crippen molar-refractivity contribution in [3.05, 3.63) is 59.2 Å². The third kappa shape index (κ3) is 5.48. The fourth-order valence-corrected chi connectivity index (χ4v) is 5.73. The summed E-state index contributed by atoms with van der Waals surface area (Å²) >= 11 is 0. The van der Waals surface area contributed by atoms with Gasteiger partial charge in [-0.25, -0.2) is 9.59 Å². The second-order valence-corrected chi connectivity index (χ2v) is 11.2. The molecule has 1 heterocycles. The number of nitrogens with one attached hydrogen (secondary N) is 1. The number of amides is 5. The number of carbonyl (C=O) groups excluding carboxylic acids is 4. The molecule has 208 valence electrons. The Morgan fingerprint density at radius 1 is 1.00 bits per heavy atom. The van der Waals surface area contributed by atoms with Crippen molar-refractivity contribution in [1.29, 1.82) is 0 Å². The number of urea groups is 1. The first-order valence-corrected chi connectivity index (χ1v) is 13.6. The van der Waals surface area contributed by atoms with Gasteiger partial charge in [-0.2, -0.15) is 0 Å². The van der Waals surface area contributed by atoms with Gasteiger partial charge >= 0.3 is 12.1 Å². The van der Waals surface area contributed by atoms with Crippen molar-refractivity contribution in [2.75, 3.05) is 16.8 Å². The Hall–Kier alpha value is -3.88. The van der Waals surface area contributed by atoms with Crippen LogP contribution < -0.4 is 16.0 Å². The van der Waals surface area contributed by atoms with Crippen LogP contribution in [-0.2, 0) is 14.3 Å². The lowest BCUT2D eigenvalue weighted by atomic mass is 9.78. The topological polar surface area (TPSA) is 122 Å². The number of rotatable bonds is 7. The monoisotopic (exact) mass is 534 g/mol. The third-order valence-electron chi connectivity index (χ3n) is 7.77. The zero-order valence-corrected chi connectivity index (χ0v) is 23.3. The largest absolute Gasteiger partial charge is 0.446 e. The second kappa shape index (κ2) is 11.1. The molecule has 3 N–H and O–H groups in total. The standard InChI is InChI=1S/C30H38N4O5/c1-18(2)23-7-6-8-24(19(3)4)26(23)32-25(35)17-33-27(36)30(15-13-22(14-16-30)39-28(31)37)34(29(33)38)21-11-9-20(5)10-12-21/h6-12,18-19,22H,13-17H2,1-5H3,(H2,31,37)(H,32,35). The minimum atomic E-state index is -1.16. The number of nitrogens with two attached hydrogens (primary N) is 1. The van der Waals surface area contributed by atoms with Gasteiger partial charge in [-0.3, -0.25) is 19.4 Å². The Bertz CT molecular complexity index is 1240. The molecule has 5 amide bonds. The number of hydrogen-bond acceptors (Lipinski definition) is 5. The molecular weight excluding hydrogens is 496 g/mol. The van der Waals surface area contributed by atoms with Gasteiger partial charge in [0.15, 0.2) is 0 Å². The Kier molecular flexibility index (Phi) is 7.99. The van der Waals surface area contributed by atoms with Crippen molar-refractivity contribution in [1.82, 2.24) is 4.90 Å². The lowest BCUT2D eigenvalue weighted by molar-refractivity contribution is -0.135.